The summed E-state index contributed by atoms with van der Waals surface area (Å²) in [5.41, 5.74) is 2.27. The maximum Gasteiger partial charge on any atom is 0.127 e. The van der Waals surface area contributed by atoms with Crippen LogP contribution in [0.2, 0.25) is 5.02 Å². The van der Waals surface area contributed by atoms with Gasteiger partial charge in [-0.25, -0.2) is 4.98 Å². The first-order chi connectivity index (χ1) is 8.78. The fraction of sp³-hybridized carbons (Fsp3) is 0.308. The van der Waals surface area contributed by atoms with Crippen molar-refractivity contribution in [2.75, 3.05) is 6.61 Å². The summed E-state index contributed by atoms with van der Waals surface area (Å²) in [6.07, 6.45) is 4.60. The van der Waals surface area contributed by atoms with Crippen LogP contribution in [0, 0.1) is 0 Å². The van der Waals surface area contributed by atoms with Gasteiger partial charge in [0.2, 0.25) is 0 Å². The summed E-state index contributed by atoms with van der Waals surface area (Å²) < 4.78 is 7.70. The highest BCUT2D eigenvalue weighted by molar-refractivity contribution is 6.30. The first-order valence-electron chi connectivity index (χ1n) is 5.78. The fourth-order valence-corrected chi connectivity index (χ4v) is 2.75. The van der Waals surface area contributed by atoms with Crippen LogP contribution < -0.4 is 4.74 Å². The van der Waals surface area contributed by atoms with E-state index < -0.39 is 0 Å². The molecule has 0 saturated carbocycles. The predicted molar refractivity (Wildman–Crippen MR) is 71.5 cm³/mol. The average molecular weight is 283 g/mol. The molecule has 3 rings (SSSR count). The largest absolute Gasteiger partial charge is 0.493 e. The second-order valence-corrected chi connectivity index (χ2v) is 4.96. The molecule has 0 fully saturated rings. The number of hydrogen-bond donors (Lipinski definition) is 0. The molecule has 1 aliphatic rings. The summed E-state index contributed by atoms with van der Waals surface area (Å²) in [5.74, 6) is 2.22. The molecule has 2 aromatic rings. The zero-order valence-electron chi connectivity index (χ0n) is 9.70. The zero-order valence-corrected chi connectivity index (χ0v) is 11.2. The van der Waals surface area contributed by atoms with Gasteiger partial charge in [-0.2, -0.15) is 0 Å². The minimum absolute atomic E-state index is 0.399. The Labute approximate surface area is 115 Å². The number of halogens is 2. The molecule has 3 nitrogen and oxygen atoms in total. The summed E-state index contributed by atoms with van der Waals surface area (Å²) in [6.45, 7) is 1.42. The van der Waals surface area contributed by atoms with Crippen molar-refractivity contribution >= 4 is 23.2 Å². The van der Waals surface area contributed by atoms with Gasteiger partial charge in [0.15, 0.2) is 0 Å². The summed E-state index contributed by atoms with van der Waals surface area (Å²) >= 11 is 12.0. The van der Waals surface area contributed by atoms with E-state index in [2.05, 4.69) is 4.98 Å². The second kappa shape index (κ2) is 4.82. The number of aromatic nitrogens is 2. The molecule has 0 N–H and O–H groups in total. The van der Waals surface area contributed by atoms with Crippen molar-refractivity contribution in [2.45, 2.75) is 18.8 Å². The molecule has 0 unspecified atom stereocenters. The third-order valence-corrected chi connectivity index (χ3v) is 3.54. The van der Waals surface area contributed by atoms with Gasteiger partial charge < -0.3 is 9.30 Å². The first kappa shape index (κ1) is 11.9. The van der Waals surface area contributed by atoms with Crippen LogP contribution in [0.25, 0.3) is 0 Å². The van der Waals surface area contributed by atoms with E-state index >= 15 is 0 Å². The summed E-state index contributed by atoms with van der Waals surface area (Å²) in [4.78, 5) is 4.20. The Balaban J connectivity index is 1.98. The van der Waals surface area contributed by atoms with E-state index in [4.69, 9.17) is 27.9 Å². The molecule has 0 amide bonds. The summed E-state index contributed by atoms with van der Waals surface area (Å²) in [6, 6.07) is 3.92. The molecule has 1 aromatic carbocycles. The lowest BCUT2D eigenvalue weighted by atomic mass is 10.1. The van der Waals surface area contributed by atoms with Crippen LogP contribution in [-0.2, 0) is 18.8 Å². The Morgan fingerprint density at radius 3 is 3.11 bits per heavy atom. The molecule has 94 valence electrons. The van der Waals surface area contributed by atoms with Gasteiger partial charge in [-0.05, 0) is 17.7 Å². The number of ether oxygens (including phenoxy) is 1. The van der Waals surface area contributed by atoms with Gasteiger partial charge in [-0.1, -0.05) is 11.6 Å². The topological polar surface area (TPSA) is 27.1 Å². The molecule has 0 spiro atoms. The molecule has 18 heavy (non-hydrogen) atoms. The Bertz CT molecular complexity index is 580. The fourth-order valence-electron chi connectivity index (χ4n) is 2.26. The molecule has 0 saturated heterocycles. The van der Waals surface area contributed by atoms with E-state index in [1.54, 1.807) is 6.20 Å². The van der Waals surface area contributed by atoms with Crippen LogP contribution in [0.1, 0.15) is 17.0 Å². The molecule has 1 aromatic heterocycles. The third kappa shape index (κ3) is 2.08. The third-order valence-electron chi connectivity index (χ3n) is 3.09. The van der Waals surface area contributed by atoms with Crippen molar-refractivity contribution in [3.63, 3.8) is 0 Å². The number of hydrogen-bond acceptors (Lipinski definition) is 2. The maximum absolute atomic E-state index is 6.14. The van der Waals surface area contributed by atoms with Crippen molar-refractivity contribution < 1.29 is 4.74 Å². The van der Waals surface area contributed by atoms with E-state index in [1.165, 1.54) is 5.56 Å². The molecular weight excluding hydrogens is 271 g/mol. The molecule has 0 atom stereocenters. The van der Waals surface area contributed by atoms with Crippen molar-refractivity contribution in [3.05, 3.63) is 46.5 Å². The van der Waals surface area contributed by atoms with Gasteiger partial charge in [-0.3, -0.25) is 0 Å². The molecule has 1 aliphatic heterocycles. The van der Waals surface area contributed by atoms with Gasteiger partial charge in [0, 0.05) is 29.4 Å². The molecule has 0 aliphatic carbocycles. The normalized spacial score (nSPS) is 13.4. The monoisotopic (exact) mass is 282 g/mol. The number of rotatable bonds is 3. The molecule has 2 heterocycles. The molecule has 0 radical (unpaired) electrons. The van der Waals surface area contributed by atoms with Gasteiger partial charge in [0.1, 0.15) is 11.6 Å². The summed E-state index contributed by atoms with van der Waals surface area (Å²) in [7, 11) is 0. The quantitative estimate of drug-likeness (QED) is 0.808. The Kier molecular flexibility index (Phi) is 3.18. The Morgan fingerprint density at radius 2 is 2.28 bits per heavy atom. The van der Waals surface area contributed by atoms with Crippen LogP contribution in [-0.4, -0.2) is 16.2 Å². The Hall–Kier alpha value is -1.19. The van der Waals surface area contributed by atoms with Crippen molar-refractivity contribution in [1.82, 2.24) is 9.55 Å². The highest BCUT2D eigenvalue weighted by Gasteiger charge is 2.18. The maximum atomic E-state index is 6.14. The second-order valence-electron chi connectivity index (χ2n) is 4.26. The van der Waals surface area contributed by atoms with Gasteiger partial charge in [0.25, 0.3) is 0 Å². The van der Waals surface area contributed by atoms with Gasteiger partial charge in [-0.15, -0.1) is 11.6 Å². The van der Waals surface area contributed by atoms with E-state index in [0.717, 1.165) is 35.2 Å². The highest BCUT2D eigenvalue weighted by atomic mass is 35.5. The van der Waals surface area contributed by atoms with Gasteiger partial charge >= 0.3 is 0 Å². The minimum atomic E-state index is 0.399. The SMILES string of the molecule is ClCc1nccn1Cc1cc(Cl)cc2c1OCC2. The standard InChI is InChI=1S/C13H12Cl2N2O/c14-7-12-16-2-3-17(12)8-10-6-11(15)5-9-1-4-18-13(9)10/h2-3,5-6H,1,4,7-8H2. The van der Waals surface area contributed by atoms with Crippen LogP contribution in [0.4, 0.5) is 0 Å². The van der Waals surface area contributed by atoms with Crippen LogP contribution in [0.3, 0.4) is 0 Å². The van der Waals surface area contributed by atoms with Crippen molar-refractivity contribution in [1.29, 1.82) is 0 Å². The number of fused-ring (bicyclic) bond motifs is 1. The van der Waals surface area contributed by atoms with Crippen LogP contribution in [0.5, 0.6) is 5.75 Å². The van der Waals surface area contributed by atoms with Crippen LogP contribution in [0.15, 0.2) is 24.5 Å². The number of imidazole rings is 1. The first-order valence-corrected chi connectivity index (χ1v) is 6.69. The molecule has 5 heteroatoms. The van der Waals surface area contributed by atoms with Crippen molar-refractivity contribution in [3.8, 4) is 5.75 Å². The van der Waals surface area contributed by atoms with E-state index in [0.29, 0.717) is 12.4 Å². The highest BCUT2D eigenvalue weighted by Crippen LogP contribution is 2.33. The lowest BCUT2D eigenvalue weighted by Crippen LogP contribution is -2.04. The average Bonchev–Trinajstić information content (AvgIpc) is 2.96. The smallest absolute Gasteiger partial charge is 0.127 e. The lowest BCUT2D eigenvalue weighted by molar-refractivity contribution is 0.352. The lowest BCUT2D eigenvalue weighted by Gasteiger charge is -2.11. The van der Waals surface area contributed by atoms with E-state index in [1.807, 2.05) is 22.9 Å². The molecule has 0 bridgehead atoms. The number of benzene rings is 1. The Morgan fingerprint density at radius 1 is 1.39 bits per heavy atom. The number of nitrogens with zero attached hydrogens (tertiary/aromatic N) is 2. The minimum Gasteiger partial charge on any atom is -0.493 e. The van der Waals surface area contributed by atoms with E-state index in [-0.39, 0.29) is 0 Å². The molecular formula is C13H12Cl2N2O. The zero-order chi connectivity index (χ0) is 12.5. The van der Waals surface area contributed by atoms with Crippen LogP contribution >= 0.6 is 23.2 Å². The van der Waals surface area contributed by atoms with E-state index in [9.17, 15) is 0 Å². The van der Waals surface area contributed by atoms with Gasteiger partial charge in [0.05, 0.1) is 19.0 Å². The predicted octanol–water partition coefficient (Wildman–Crippen LogP) is 3.26. The van der Waals surface area contributed by atoms with Crippen molar-refractivity contribution in [2.24, 2.45) is 0 Å². The summed E-state index contributed by atoms with van der Waals surface area (Å²) in [5, 5.41) is 0.752. The number of alkyl halides is 1.